The molecule has 0 saturated heterocycles. The van der Waals surface area contributed by atoms with Crippen LogP contribution in [0.25, 0.3) is 0 Å². The fourth-order valence-electron chi connectivity index (χ4n) is 7.04. The minimum absolute atomic E-state index is 0.0731. The van der Waals surface area contributed by atoms with Crippen molar-refractivity contribution in [1.29, 1.82) is 0 Å². The lowest BCUT2D eigenvalue weighted by atomic mass is 10.0. The largest absolute Gasteiger partial charge is 0.394 e. The molecule has 2 unspecified atom stereocenters. The molecule has 0 aromatic heterocycles. The molecule has 0 radical (unpaired) electrons. The van der Waals surface area contributed by atoms with Crippen LogP contribution in [-0.2, 0) is 4.79 Å². The summed E-state index contributed by atoms with van der Waals surface area (Å²) in [6.07, 6.45) is 59.3. The minimum Gasteiger partial charge on any atom is -0.394 e. The number of allylic oxidation sites excluding steroid dienone is 5. The third-order valence-electron chi connectivity index (χ3n) is 10.6. The van der Waals surface area contributed by atoms with Gasteiger partial charge in [0.15, 0.2) is 0 Å². The van der Waals surface area contributed by atoms with Crippen molar-refractivity contribution in [2.24, 2.45) is 0 Å². The van der Waals surface area contributed by atoms with Crippen LogP contribution in [0.3, 0.4) is 0 Å². The zero-order chi connectivity index (χ0) is 37.8. The Kier molecular flexibility index (Phi) is 42.8. The van der Waals surface area contributed by atoms with E-state index in [4.69, 9.17) is 0 Å². The van der Waals surface area contributed by atoms with Crippen LogP contribution in [0.2, 0.25) is 0 Å². The van der Waals surface area contributed by atoms with E-state index in [-0.39, 0.29) is 12.5 Å². The molecular formula is C48H91NO3. The zero-order valence-electron chi connectivity index (χ0n) is 35.1. The molecule has 4 heteroatoms. The molecule has 0 aromatic rings. The first kappa shape index (κ1) is 50.6. The Morgan fingerprint density at radius 2 is 0.827 bits per heavy atom. The zero-order valence-corrected chi connectivity index (χ0v) is 35.1. The fourth-order valence-corrected chi connectivity index (χ4v) is 7.04. The highest BCUT2D eigenvalue weighted by molar-refractivity contribution is 5.76. The molecular weight excluding hydrogens is 639 g/mol. The maximum absolute atomic E-state index is 12.2. The first-order chi connectivity index (χ1) is 25.7. The summed E-state index contributed by atoms with van der Waals surface area (Å²) in [6, 6.07) is -0.614. The summed E-state index contributed by atoms with van der Waals surface area (Å²) in [5.41, 5.74) is 0. The van der Waals surface area contributed by atoms with Crippen LogP contribution in [0, 0.1) is 0 Å². The van der Waals surface area contributed by atoms with E-state index >= 15 is 0 Å². The Labute approximate surface area is 325 Å². The number of carbonyl (C=O) groups excluding carboxylic acids is 1. The van der Waals surface area contributed by atoms with Gasteiger partial charge in [0.05, 0.1) is 18.8 Å². The molecule has 2 atom stereocenters. The van der Waals surface area contributed by atoms with Crippen molar-refractivity contribution in [3.8, 4) is 0 Å². The fraction of sp³-hybridized carbons (Fsp3) is 0.854. The maximum Gasteiger partial charge on any atom is 0.220 e. The molecule has 52 heavy (non-hydrogen) atoms. The lowest BCUT2D eigenvalue weighted by Gasteiger charge is -2.19. The number of aliphatic hydroxyl groups excluding tert-OH is 2. The highest BCUT2D eigenvalue weighted by Gasteiger charge is 2.17. The Balaban J connectivity index is 3.27. The van der Waals surface area contributed by atoms with Crippen LogP contribution in [0.5, 0.6) is 0 Å². The molecule has 3 N–H and O–H groups in total. The van der Waals surface area contributed by atoms with Gasteiger partial charge in [-0.05, 0) is 44.9 Å². The number of amides is 1. The van der Waals surface area contributed by atoms with Crippen molar-refractivity contribution in [2.75, 3.05) is 6.61 Å². The molecule has 4 nitrogen and oxygen atoms in total. The number of aliphatic hydroxyl groups is 2. The molecule has 306 valence electrons. The molecule has 0 rings (SSSR count). The lowest BCUT2D eigenvalue weighted by molar-refractivity contribution is -0.123. The van der Waals surface area contributed by atoms with Crippen LogP contribution in [0.4, 0.5) is 0 Å². The number of carbonyl (C=O) groups is 1. The summed E-state index contributed by atoms with van der Waals surface area (Å²) in [5, 5.41) is 22.4. The number of rotatable bonds is 42. The average molecular weight is 730 g/mol. The SMILES string of the molecule is CCC/C=C/C(O)C(CO)NC(=O)CCCCCCCCCCCCCCCCCCCCCCCCCCC/C=C\C/C=C\CCCCCCC. The maximum atomic E-state index is 12.2. The van der Waals surface area contributed by atoms with Gasteiger partial charge < -0.3 is 15.5 Å². The van der Waals surface area contributed by atoms with Gasteiger partial charge >= 0.3 is 0 Å². The minimum atomic E-state index is -0.832. The van der Waals surface area contributed by atoms with Crippen LogP contribution < -0.4 is 5.32 Å². The van der Waals surface area contributed by atoms with Gasteiger partial charge in [0.1, 0.15) is 0 Å². The van der Waals surface area contributed by atoms with Crippen molar-refractivity contribution in [2.45, 2.75) is 257 Å². The molecule has 0 saturated carbocycles. The number of nitrogens with one attached hydrogen (secondary N) is 1. The summed E-state index contributed by atoms with van der Waals surface area (Å²) in [6.45, 7) is 4.11. The molecule has 0 aliphatic heterocycles. The van der Waals surface area contributed by atoms with Crippen molar-refractivity contribution in [3.05, 3.63) is 36.5 Å². The molecule has 1 amide bonds. The van der Waals surface area contributed by atoms with Crippen molar-refractivity contribution >= 4 is 5.91 Å². The van der Waals surface area contributed by atoms with Crippen LogP contribution in [0.15, 0.2) is 36.5 Å². The van der Waals surface area contributed by atoms with Crippen molar-refractivity contribution in [3.63, 3.8) is 0 Å². The van der Waals surface area contributed by atoms with E-state index in [1.54, 1.807) is 6.08 Å². The number of unbranched alkanes of at least 4 members (excludes halogenated alkanes) is 31. The molecule has 0 aromatic carbocycles. The second kappa shape index (κ2) is 44.0. The van der Waals surface area contributed by atoms with E-state index in [1.165, 1.54) is 193 Å². The Morgan fingerprint density at radius 1 is 0.462 bits per heavy atom. The van der Waals surface area contributed by atoms with Gasteiger partial charge in [0, 0.05) is 6.42 Å². The number of hydrogen-bond acceptors (Lipinski definition) is 3. The van der Waals surface area contributed by atoms with E-state index in [0.717, 1.165) is 32.1 Å². The standard InChI is InChI=1S/C48H91NO3/c1-3-5-7-8-9-10-11-12-13-14-15-16-17-18-19-20-21-22-23-24-25-26-27-28-29-30-31-32-33-34-35-36-37-38-39-40-42-44-48(52)49-46(45-50)47(51)43-41-6-4-2/h11-12,14-15,41,43,46-47,50-51H,3-10,13,16-40,42,44-45H2,1-2H3,(H,49,52)/b12-11-,15-14-,43-41+. The Hall–Kier alpha value is -1.39. The smallest absolute Gasteiger partial charge is 0.220 e. The predicted molar refractivity (Wildman–Crippen MR) is 230 cm³/mol. The van der Waals surface area contributed by atoms with Crippen LogP contribution in [-0.4, -0.2) is 34.9 Å². The molecule has 0 aliphatic rings. The first-order valence-corrected chi connectivity index (χ1v) is 23.2. The normalized spacial score (nSPS) is 13.2. The van der Waals surface area contributed by atoms with Crippen molar-refractivity contribution < 1.29 is 15.0 Å². The van der Waals surface area contributed by atoms with Crippen LogP contribution >= 0.6 is 0 Å². The monoisotopic (exact) mass is 730 g/mol. The van der Waals surface area contributed by atoms with Gasteiger partial charge in [-0.15, -0.1) is 0 Å². The van der Waals surface area contributed by atoms with E-state index in [2.05, 4.69) is 43.5 Å². The van der Waals surface area contributed by atoms with Gasteiger partial charge in [-0.1, -0.05) is 230 Å². The average Bonchev–Trinajstić information content (AvgIpc) is 3.15. The summed E-state index contributed by atoms with van der Waals surface area (Å²) < 4.78 is 0. The van der Waals surface area contributed by atoms with Gasteiger partial charge in [-0.3, -0.25) is 4.79 Å². The first-order valence-electron chi connectivity index (χ1n) is 23.2. The van der Waals surface area contributed by atoms with Gasteiger partial charge in [-0.25, -0.2) is 0 Å². The predicted octanol–water partition coefficient (Wildman–Crippen LogP) is 14.6. The quantitative estimate of drug-likeness (QED) is 0.0433. The summed E-state index contributed by atoms with van der Waals surface area (Å²) in [7, 11) is 0. The molecule has 0 spiro atoms. The highest BCUT2D eigenvalue weighted by atomic mass is 16.3. The lowest BCUT2D eigenvalue weighted by Crippen LogP contribution is -2.45. The summed E-state index contributed by atoms with van der Waals surface area (Å²) >= 11 is 0. The van der Waals surface area contributed by atoms with Crippen LogP contribution in [0.1, 0.15) is 245 Å². The molecule has 0 fully saturated rings. The second-order valence-electron chi connectivity index (χ2n) is 15.8. The third kappa shape index (κ3) is 39.8. The topological polar surface area (TPSA) is 69.6 Å². The Morgan fingerprint density at radius 3 is 1.19 bits per heavy atom. The summed E-state index contributed by atoms with van der Waals surface area (Å²) in [4.78, 5) is 12.2. The third-order valence-corrected chi connectivity index (χ3v) is 10.6. The van der Waals surface area contributed by atoms with E-state index < -0.39 is 12.1 Å². The molecule has 0 heterocycles. The van der Waals surface area contributed by atoms with E-state index in [0.29, 0.717) is 6.42 Å². The second-order valence-corrected chi connectivity index (χ2v) is 15.8. The van der Waals surface area contributed by atoms with E-state index in [9.17, 15) is 15.0 Å². The molecule has 0 aliphatic carbocycles. The Bertz CT molecular complexity index is 790. The van der Waals surface area contributed by atoms with Gasteiger partial charge in [-0.2, -0.15) is 0 Å². The summed E-state index contributed by atoms with van der Waals surface area (Å²) in [5.74, 6) is -0.0731. The van der Waals surface area contributed by atoms with Gasteiger partial charge in [0.2, 0.25) is 5.91 Å². The highest BCUT2D eigenvalue weighted by Crippen LogP contribution is 2.16. The van der Waals surface area contributed by atoms with E-state index in [1.807, 2.05) is 6.08 Å². The van der Waals surface area contributed by atoms with Gasteiger partial charge in [0.25, 0.3) is 0 Å². The van der Waals surface area contributed by atoms with Crippen molar-refractivity contribution in [1.82, 2.24) is 5.32 Å². The molecule has 0 bridgehead atoms. The number of hydrogen-bond donors (Lipinski definition) is 3.